The molecule has 0 spiro atoms. The zero-order chi connectivity index (χ0) is 16.4. The van der Waals surface area contributed by atoms with Gasteiger partial charge in [-0.3, -0.25) is 4.68 Å². The van der Waals surface area contributed by atoms with Gasteiger partial charge in [0.1, 0.15) is 0 Å². The molecule has 0 saturated carbocycles. The summed E-state index contributed by atoms with van der Waals surface area (Å²) in [6.07, 6.45) is 6.14. The number of nitrogens with zero attached hydrogens (tertiary/aromatic N) is 5. The van der Waals surface area contributed by atoms with E-state index in [2.05, 4.69) is 41.2 Å². The molecule has 0 bridgehead atoms. The fourth-order valence-electron chi connectivity index (χ4n) is 3.04. The van der Waals surface area contributed by atoms with Gasteiger partial charge in [-0.1, -0.05) is 13.8 Å². The van der Waals surface area contributed by atoms with Crippen LogP contribution in [0.25, 0.3) is 11.3 Å². The Morgan fingerprint density at radius 2 is 1.96 bits per heavy atom. The molecule has 23 heavy (non-hydrogen) atoms. The number of rotatable bonds is 4. The third-order valence-corrected chi connectivity index (χ3v) is 4.39. The molecular formula is C17H26N6. The molecule has 6 heteroatoms. The lowest BCUT2D eigenvalue weighted by molar-refractivity contribution is 0.263. The standard InChI is InChI=1S/C17H26N6/c1-12(2)16-14(11-23(4)21-16)15-5-8-18-17(20-15)19-13-6-9-22(3)10-7-13/h5,8,11-13H,6-7,9-10H2,1-4H3,(H,18,19,20). The fraction of sp³-hybridized carbons (Fsp3) is 0.588. The fourth-order valence-corrected chi connectivity index (χ4v) is 3.04. The van der Waals surface area contributed by atoms with Crippen LogP contribution in [0.5, 0.6) is 0 Å². The van der Waals surface area contributed by atoms with Crippen LogP contribution in [0, 0.1) is 0 Å². The number of hydrogen-bond acceptors (Lipinski definition) is 5. The van der Waals surface area contributed by atoms with E-state index in [0.29, 0.717) is 12.0 Å². The molecule has 1 aliphatic rings. The average molecular weight is 314 g/mol. The summed E-state index contributed by atoms with van der Waals surface area (Å²) in [5.41, 5.74) is 3.11. The highest BCUT2D eigenvalue weighted by Gasteiger charge is 2.18. The van der Waals surface area contributed by atoms with E-state index >= 15 is 0 Å². The van der Waals surface area contributed by atoms with Crippen LogP contribution in [0.1, 0.15) is 38.3 Å². The van der Waals surface area contributed by atoms with Crippen LogP contribution < -0.4 is 5.32 Å². The highest BCUT2D eigenvalue weighted by molar-refractivity contribution is 5.62. The minimum atomic E-state index is 0.367. The van der Waals surface area contributed by atoms with Gasteiger partial charge >= 0.3 is 0 Å². The first kappa shape index (κ1) is 15.9. The smallest absolute Gasteiger partial charge is 0.223 e. The topological polar surface area (TPSA) is 58.9 Å². The van der Waals surface area contributed by atoms with Crippen LogP contribution in [-0.4, -0.2) is 50.8 Å². The molecule has 1 fully saturated rings. The number of aromatic nitrogens is 4. The first-order chi connectivity index (χ1) is 11.0. The highest BCUT2D eigenvalue weighted by Crippen LogP contribution is 2.27. The van der Waals surface area contributed by atoms with E-state index in [1.807, 2.05) is 30.2 Å². The zero-order valence-corrected chi connectivity index (χ0v) is 14.5. The van der Waals surface area contributed by atoms with Crippen LogP contribution >= 0.6 is 0 Å². The van der Waals surface area contributed by atoms with E-state index < -0.39 is 0 Å². The van der Waals surface area contributed by atoms with Crippen LogP contribution in [0.3, 0.4) is 0 Å². The Balaban J connectivity index is 1.80. The number of nitrogens with one attached hydrogen (secondary N) is 1. The maximum Gasteiger partial charge on any atom is 0.223 e. The van der Waals surface area contributed by atoms with Crippen molar-refractivity contribution < 1.29 is 0 Å². The number of likely N-dealkylation sites (tertiary alicyclic amines) is 1. The van der Waals surface area contributed by atoms with E-state index in [-0.39, 0.29) is 0 Å². The molecule has 2 aromatic heterocycles. The predicted molar refractivity (Wildman–Crippen MR) is 92.5 cm³/mol. The molecule has 2 aromatic rings. The molecule has 0 aliphatic carbocycles. The lowest BCUT2D eigenvalue weighted by Gasteiger charge is -2.29. The second-order valence-corrected chi connectivity index (χ2v) is 6.74. The molecule has 3 heterocycles. The SMILES string of the molecule is CC(C)c1nn(C)cc1-c1ccnc(NC2CCN(C)CC2)n1. The zero-order valence-electron chi connectivity index (χ0n) is 14.5. The van der Waals surface area contributed by atoms with Crippen molar-refractivity contribution in [2.75, 3.05) is 25.5 Å². The van der Waals surface area contributed by atoms with E-state index in [9.17, 15) is 0 Å². The molecule has 0 unspecified atom stereocenters. The summed E-state index contributed by atoms with van der Waals surface area (Å²) in [4.78, 5) is 11.5. The van der Waals surface area contributed by atoms with Gasteiger partial charge in [-0.25, -0.2) is 9.97 Å². The highest BCUT2D eigenvalue weighted by atomic mass is 15.3. The molecule has 1 aliphatic heterocycles. The Morgan fingerprint density at radius 3 is 2.65 bits per heavy atom. The summed E-state index contributed by atoms with van der Waals surface area (Å²) in [6.45, 7) is 6.56. The van der Waals surface area contributed by atoms with Gasteiger partial charge in [0.05, 0.1) is 11.4 Å². The van der Waals surface area contributed by atoms with Gasteiger partial charge < -0.3 is 10.2 Å². The van der Waals surface area contributed by atoms with Crippen molar-refractivity contribution >= 4 is 5.95 Å². The summed E-state index contributed by atoms with van der Waals surface area (Å²) < 4.78 is 1.86. The minimum absolute atomic E-state index is 0.367. The lowest BCUT2D eigenvalue weighted by atomic mass is 10.0. The molecule has 0 amide bonds. The molecule has 124 valence electrons. The first-order valence-corrected chi connectivity index (χ1v) is 8.35. The van der Waals surface area contributed by atoms with Gasteiger partial charge in [-0.05, 0) is 45.0 Å². The van der Waals surface area contributed by atoms with Crippen LogP contribution in [-0.2, 0) is 7.05 Å². The Hall–Kier alpha value is -1.95. The Morgan fingerprint density at radius 1 is 1.22 bits per heavy atom. The second kappa shape index (κ2) is 6.66. The Bertz CT molecular complexity index is 655. The Labute approximate surface area is 137 Å². The monoisotopic (exact) mass is 314 g/mol. The maximum absolute atomic E-state index is 4.72. The molecule has 1 N–H and O–H groups in total. The number of piperidine rings is 1. The first-order valence-electron chi connectivity index (χ1n) is 8.35. The third-order valence-electron chi connectivity index (χ3n) is 4.39. The van der Waals surface area contributed by atoms with Crippen molar-refractivity contribution in [3.05, 3.63) is 24.2 Å². The van der Waals surface area contributed by atoms with Crippen molar-refractivity contribution in [3.63, 3.8) is 0 Å². The molecule has 0 radical (unpaired) electrons. The average Bonchev–Trinajstić information content (AvgIpc) is 2.92. The third kappa shape index (κ3) is 3.69. The van der Waals surface area contributed by atoms with Gasteiger partial charge in [0.25, 0.3) is 0 Å². The van der Waals surface area contributed by atoms with Gasteiger partial charge in [0.2, 0.25) is 5.95 Å². The van der Waals surface area contributed by atoms with E-state index in [1.54, 1.807) is 0 Å². The summed E-state index contributed by atoms with van der Waals surface area (Å²) in [5.74, 6) is 1.09. The second-order valence-electron chi connectivity index (χ2n) is 6.74. The molecule has 3 rings (SSSR count). The minimum Gasteiger partial charge on any atom is -0.351 e. The molecular weight excluding hydrogens is 288 g/mol. The van der Waals surface area contributed by atoms with E-state index in [4.69, 9.17) is 4.98 Å². The maximum atomic E-state index is 4.72. The summed E-state index contributed by atoms with van der Waals surface area (Å²) in [7, 11) is 4.12. The number of aryl methyl sites for hydroxylation is 1. The van der Waals surface area contributed by atoms with Crippen molar-refractivity contribution in [2.24, 2.45) is 7.05 Å². The predicted octanol–water partition coefficient (Wildman–Crippen LogP) is 2.51. The van der Waals surface area contributed by atoms with Crippen molar-refractivity contribution in [2.45, 2.75) is 38.6 Å². The molecule has 6 nitrogen and oxygen atoms in total. The summed E-state index contributed by atoms with van der Waals surface area (Å²) in [6, 6.07) is 2.42. The van der Waals surface area contributed by atoms with Crippen LogP contribution in [0.15, 0.2) is 18.5 Å². The molecule has 0 atom stereocenters. The van der Waals surface area contributed by atoms with Crippen LogP contribution in [0.4, 0.5) is 5.95 Å². The largest absolute Gasteiger partial charge is 0.351 e. The molecule has 1 saturated heterocycles. The normalized spacial score (nSPS) is 16.9. The summed E-state index contributed by atoms with van der Waals surface area (Å²) in [5, 5.41) is 8.06. The van der Waals surface area contributed by atoms with E-state index in [0.717, 1.165) is 48.8 Å². The van der Waals surface area contributed by atoms with E-state index in [1.165, 1.54) is 0 Å². The van der Waals surface area contributed by atoms with Gasteiger partial charge in [-0.2, -0.15) is 5.10 Å². The van der Waals surface area contributed by atoms with Crippen molar-refractivity contribution in [3.8, 4) is 11.3 Å². The summed E-state index contributed by atoms with van der Waals surface area (Å²) >= 11 is 0. The van der Waals surface area contributed by atoms with Gasteiger partial charge in [0, 0.05) is 31.0 Å². The number of anilines is 1. The van der Waals surface area contributed by atoms with Crippen molar-refractivity contribution in [1.82, 2.24) is 24.6 Å². The molecule has 0 aromatic carbocycles. The lowest BCUT2D eigenvalue weighted by Crippen LogP contribution is -2.37. The van der Waals surface area contributed by atoms with Gasteiger partial charge in [-0.15, -0.1) is 0 Å². The number of hydrogen-bond donors (Lipinski definition) is 1. The van der Waals surface area contributed by atoms with Gasteiger partial charge in [0.15, 0.2) is 0 Å². The quantitative estimate of drug-likeness (QED) is 0.939. The Kier molecular flexibility index (Phi) is 4.61. The van der Waals surface area contributed by atoms with Crippen LogP contribution in [0.2, 0.25) is 0 Å². The van der Waals surface area contributed by atoms with Crippen molar-refractivity contribution in [1.29, 1.82) is 0 Å².